The van der Waals surface area contributed by atoms with Crippen LogP contribution in [0.2, 0.25) is 0 Å². The van der Waals surface area contributed by atoms with Crippen molar-refractivity contribution in [2.45, 2.75) is 17.1 Å². The van der Waals surface area contributed by atoms with E-state index in [-0.39, 0.29) is 5.69 Å². The number of rotatable bonds is 3. The smallest absolute Gasteiger partial charge is 0.260 e. The van der Waals surface area contributed by atoms with Crippen molar-refractivity contribution in [1.29, 1.82) is 0 Å². The number of hydrogen-bond acceptors (Lipinski definition) is 7. The van der Waals surface area contributed by atoms with Gasteiger partial charge in [-0.05, 0) is 36.9 Å². The van der Waals surface area contributed by atoms with E-state index in [1.165, 1.54) is 18.0 Å². The van der Waals surface area contributed by atoms with E-state index >= 15 is 0 Å². The molecular formula is C14H9N5O2S2. The summed E-state index contributed by atoms with van der Waals surface area (Å²) in [6.07, 6.45) is 1.28. The summed E-state index contributed by atoms with van der Waals surface area (Å²) >= 11 is 2.91. The lowest BCUT2D eigenvalue weighted by molar-refractivity contribution is -0.385. The minimum absolute atomic E-state index is 0.0155. The largest absolute Gasteiger partial charge is 0.290 e. The summed E-state index contributed by atoms with van der Waals surface area (Å²) in [5, 5.41) is 20.6. The third-order valence-electron chi connectivity index (χ3n) is 3.36. The molecule has 4 rings (SSSR count). The van der Waals surface area contributed by atoms with Gasteiger partial charge < -0.3 is 0 Å². The van der Waals surface area contributed by atoms with E-state index in [1.54, 1.807) is 24.3 Å². The number of benzene rings is 1. The molecule has 0 bridgehead atoms. The van der Waals surface area contributed by atoms with Crippen LogP contribution in [0.15, 0.2) is 46.7 Å². The van der Waals surface area contributed by atoms with Gasteiger partial charge in [0.15, 0.2) is 0 Å². The zero-order valence-corrected chi connectivity index (χ0v) is 13.5. The number of nitro groups is 1. The summed E-state index contributed by atoms with van der Waals surface area (Å²) in [6.45, 7) is 1.70. The maximum Gasteiger partial charge on any atom is 0.290 e. The molecule has 3 aromatic heterocycles. The fourth-order valence-corrected chi connectivity index (χ4v) is 4.19. The third-order valence-corrected chi connectivity index (χ3v) is 5.25. The van der Waals surface area contributed by atoms with Crippen LogP contribution in [0.3, 0.4) is 0 Å². The Morgan fingerprint density at radius 3 is 2.91 bits per heavy atom. The summed E-state index contributed by atoms with van der Waals surface area (Å²) in [5.74, 6) is 0. The average Bonchev–Trinajstić information content (AvgIpc) is 3.07. The summed E-state index contributed by atoms with van der Waals surface area (Å²) < 4.78 is 3.11. The lowest BCUT2D eigenvalue weighted by atomic mass is 10.3. The summed E-state index contributed by atoms with van der Waals surface area (Å²) in [7, 11) is 0. The van der Waals surface area contributed by atoms with Gasteiger partial charge in [-0.15, -0.1) is 10.2 Å². The van der Waals surface area contributed by atoms with Gasteiger partial charge in [0, 0.05) is 5.56 Å². The van der Waals surface area contributed by atoms with Gasteiger partial charge >= 0.3 is 0 Å². The molecule has 0 radical (unpaired) electrons. The highest BCUT2D eigenvalue weighted by molar-refractivity contribution is 7.99. The second-order valence-corrected chi connectivity index (χ2v) is 6.84. The Morgan fingerprint density at radius 2 is 2.13 bits per heavy atom. The first-order valence-electron chi connectivity index (χ1n) is 6.65. The molecule has 0 amide bonds. The van der Waals surface area contributed by atoms with Crippen molar-refractivity contribution in [2.24, 2.45) is 0 Å². The van der Waals surface area contributed by atoms with Crippen molar-refractivity contribution in [1.82, 2.24) is 19.6 Å². The molecule has 7 nitrogen and oxygen atoms in total. The van der Waals surface area contributed by atoms with Crippen molar-refractivity contribution >= 4 is 44.0 Å². The Balaban J connectivity index is 1.78. The van der Waals surface area contributed by atoms with Gasteiger partial charge in [-0.3, -0.25) is 14.5 Å². The Hall–Kier alpha value is -2.52. The second kappa shape index (κ2) is 5.28. The highest BCUT2D eigenvalue weighted by atomic mass is 32.2. The minimum Gasteiger partial charge on any atom is -0.260 e. The van der Waals surface area contributed by atoms with Crippen molar-refractivity contribution in [3.8, 4) is 0 Å². The highest BCUT2D eigenvalue weighted by Gasteiger charge is 2.16. The Kier molecular flexibility index (Phi) is 3.24. The second-order valence-electron chi connectivity index (χ2n) is 4.84. The van der Waals surface area contributed by atoms with E-state index in [2.05, 4.69) is 15.2 Å². The topological polar surface area (TPSA) is 86.2 Å². The van der Waals surface area contributed by atoms with E-state index in [0.717, 1.165) is 15.2 Å². The van der Waals surface area contributed by atoms with Crippen molar-refractivity contribution in [3.05, 3.63) is 52.2 Å². The van der Waals surface area contributed by atoms with Gasteiger partial charge in [0.2, 0.25) is 10.1 Å². The van der Waals surface area contributed by atoms with Crippen molar-refractivity contribution in [2.75, 3.05) is 0 Å². The molecule has 3 heterocycles. The lowest BCUT2D eigenvalue weighted by Crippen LogP contribution is -1.94. The van der Waals surface area contributed by atoms with E-state index in [1.807, 2.05) is 28.7 Å². The first-order valence-corrected chi connectivity index (χ1v) is 8.28. The molecule has 9 heteroatoms. The number of aromatic nitrogens is 4. The Labute approximate surface area is 138 Å². The van der Waals surface area contributed by atoms with Crippen LogP contribution in [-0.4, -0.2) is 24.5 Å². The van der Waals surface area contributed by atoms with Crippen molar-refractivity contribution < 1.29 is 4.92 Å². The number of fused-ring (bicyclic) bond motifs is 3. The minimum atomic E-state index is -0.432. The molecular weight excluding hydrogens is 334 g/mol. The molecule has 114 valence electrons. The van der Waals surface area contributed by atoms with Gasteiger partial charge in [-0.1, -0.05) is 23.5 Å². The molecule has 0 spiro atoms. The molecule has 0 unspecified atom stereocenters. The predicted octanol–water partition coefficient (Wildman–Crippen LogP) is 3.71. The fraction of sp³-hybridized carbons (Fsp3) is 0.0714. The molecule has 23 heavy (non-hydrogen) atoms. The van der Waals surface area contributed by atoms with E-state index < -0.39 is 4.92 Å². The molecule has 0 aliphatic carbocycles. The highest BCUT2D eigenvalue weighted by Crippen LogP contribution is 2.33. The van der Waals surface area contributed by atoms with Crippen LogP contribution in [0, 0.1) is 17.0 Å². The SMILES string of the molecule is Cc1cc(Sc2nnc3sc4ccccc4n23)ncc1[N+](=O)[O-]. The van der Waals surface area contributed by atoms with Crippen LogP contribution in [0.5, 0.6) is 0 Å². The monoisotopic (exact) mass is 343 g/mol. The first-order chi connectivity index (χ1) is 11.1. The van der Waals surface area contributed by atoms with Gasteiger partial charge in [0.05, 0.1) is 15.1 Å². The normalized spacial score (nSPS) is 11.3. The first kappa shape index (κ1) is 14.1. The molecule has 0 saturated carbocycles. The summed E-state index contributed by atoms with van der Waals surface area (Å²) in [4.78, 5) is 15.4. The van der Waals surface area contributed by atoms with Crippen LogP contribution in [0.25, 0.3) is 15.2 Å². The van der Waals surface area contributed by atoms with E-state index in [0.29, 0.717) is 15.7 Å². The van der Waals surface area contributed by atoms with Gasteiger partial charge in [-0.25, -0.2) is 4.98 Å². The number of hydrogen-bond donors (Lipinski definition) is 0. The Morgan fingerprint density at radius 1 is 1.30 bits per heavy atom. The van der Waals surface area contributed by atoms with Crippen LogP contribution in [0.1, 0.15) is 5.56 Å². The van der Waals surface area contributed by atoms with Crippen LogP contribution in [0.4, 0.5) is 5.69 Å². The quantitative estimate of drug-likeness (QED) is 0.416. The van der Waals surface area contributed by atoms with Gasteiger partial charge in [-0.2, -0.15) is 0 Å². The molecule has 0 aliphatic rings. The molecule has 0 atom stereocenters. The molecule has 1 aromatic carbocycles. The van der Waals surface area contributed by atoms with Gasteiger partial charge in [0.25, 0.3) is 5.69 Å². The predicted molar refractivity (Wildman–Crippen MR) is 88.1 cm³/mol. The van der Waals surface area contributed by atoms with E-state index in [9.17, 15) is 10.1 Å². The summed E-state index contributed by atoms with van der Waals surface area (Å²) in [6, 6.07) is 9.70. The number of pyridine rings is 1. The molecule has 0 fully saturated rings. The lowest BCUT2D eigenvalue weighted by Gasteiger charge is -2.01. The zero-order valence-electron chi connectivity index (χ0n) is 11.8. The van der Waals surface area contributed by atoms with Crippen LogP contribution in [-0.2, 0) is 0 Å². The molecule has 4 aromatic rings. The number of thiazole rings is 1. The molecule has 0 saturated heterocycles. The zero-order chi connectivity index (χ0) is 16.0. The van der Waals surface area contributed by atoms with Gasteiger partial charge in [0.1, 0.15) is 11.2 Å². The maximum absolute atomic E-state index is 10.9. The van der Waals surface area contributed by atoms with Crippen LogP contribution >= 0.6 is 23.1 Å². The average molecular weight is 343 g/mol. The maximum atomic E-state index is 10.9. The molecule has 0 aliphatic heterocycles. The number of para-hydroxylation sites is 1. The standard InChI is InChI=1S/C14H9N5O2S2/c1-8-6-12(15-7-10(8)19(20)21)23-14-17-16-13-18(14)9-4-2-3-5-11(9)22-13/h2-7H,1H3. The van der Waals surface area contributed by atoms with Crippen LogP contribution < -0.4 is 0 Å². The fourth-order valence-electron chi connectivity index (χ4n) is 2.29. The number of aryl methyl sites for hydroxylation is 1. The molecule has 0 N–H and O–H groups in total. The summed E-state index contributed by atoms with van der Waals surface area (Å²) in [5.41, 5.74) is 1.63. The number of nitrogens with zero attached hydrogens (tertiary/aromatic N) is 5. The van der Waals surface area contributed by atoms with E-state index in [4.69, 9.17) is 0 Å². The third kappa shape index (κ3) is 2.34. The Bertz CT molecular complexity index is 1060. The van der Waals surface area contributed by atoms with Crippen molar-refractivity contribution in [3.63, 3.8) is 0 Å².